The molecule has 1 amide bonds. The summed E-state index contributed by atoms with van der Waals surface area (Å²) in [6.07, 6.45) is 2.65. The third-order valence-corrected chi connectivity index (χ3v) is 3.91. The number of guanidine groups is 1. The second kappa shape index (κ2) is 11.0. The molecule has 0 bridgehead atoms. The van der Waals surface area contributed by atoms with Crippen molar-refractivity contribution in [2.75, 3.05) is 18.4 Å². The van der Waals surface area contributed by atoms with Gasteiger partial charge in [0.05, 0.1) is 6.54 Å². The van der Waals surface area contributed by atoms with E-state index in [1.54, 1.807) is 0 Å². The predicted octanol–water partition coefficient (Wildman–Crippen LogP) is 2.97. The minimum absolute atomic E-state index is 0.0207. The van der Waals surface area contributed by atoms with E-state index in [4.69, 9.17) is 0 Å². The number of anilines is 1. The average molecular weight is 367 g/mol. The van der Waals surface area contributed by atoms with Crippen LogP contribution in [-0.4, -0.2) is 29.9 Å². The molecule has 0 aliphatic rings. The van der Waals surface area contributed by atoms with Crippen molar-refractivity contribution < 1.29 is 4.79 Å². The number of nitrogens with one attached hydrogen (secondary N) is 3. The first kappa shape index (κ1) is 20.4. The van der Waals surface area contributed by atoms with Crippen LogP contribution in [0.5, 0.6) is 0 Å². The van der Waals surface area contributed by atoms with Crippen molar-refractivity contribution in [3.63, 3.8) is 0 Å². The minimum atomic E-state index is -0.0332. The molecule has 2 aromatic rings. The lowest BCUT2D eigenvalue weighted by Crippen LogP contribution is -2.38. The average Bonchev–Trinajstić information content (AvgIpc) is 2.68. The van der Waals surface area contributed by atoms with E-state index in [0.29, 0.717) is 6.54 Å². The summed E-state index contributed by atoms with van der Waals surface area (Å²) in [5, 5.41) is 9.47. The number of hydrogen-bond donors (Lipinski definition) is 3. The van der Waals surface area contributed by atoms with Gasteiger partial charge in [0, 0.05) is 43.0 Å². The Bertz CT molecular complexity index is 726. The van der Waals surface area contributed by atoms with Crippen molar-refractivity contribution >= 4 is 17.6 Å². The molecule has 6 nitrogen and oxygen atoms in total. The molecule has 1 aromatic carbocycles. The van der Waals surface area contributed by atoms with E-state index >= 15 is 0 Å². The molecular formula is C21H29N5O. The number of hydrogen-bond acceptors (Lipinski definition) is 3. The van der Waals surface area contributed by atoms with Crippen LogP contribution in [0.3, 0.4) is 0 Å². The molecule has 1 aromatic heterocycles. The quantitative estimate of drug-likeness (QED) is 0.495. The number of rotatable bonds is 8. The third-order valence-electron chi connectivity index (χ3n) is 3.91. The topological polar surface area (TPSA) is 78.4 Å². The zero-order valence-electron chi connectivity index (χ0n) is 16.3. The first-order chi connectivity index (χ1) is 13.1. The summed E-state index contributed by atoms with van der Waals surface area (Å²) in [7, 11) is 0. The lowest BCUT2D eigenvalue weighted by molar-refractivity contribution is -0.118. The standard InChI is InChI=1S/C21H29N5O/c1-4-22-21(24-14-12-18-7-5-6-13-23-18)25-15-17-8-10-19(11-9-17)26-20(27)16(2)3/h5-11,13,16H,4,12,14-15H2,1-3H3,(H,26,27)(H2,22,24,25). The maximum atomic E-state index is 11.7. The summed E-state index contributed by atoms with van der Waals surface area (Å²) in [4.78, 5) is 20.7. The molecule has 27 heavy (non-hydrogen) atoms. The second-order valence-electron chi connectivity index (χ2n) is 6.53. The highest BCUT2D eigenvalue weighted by molar-refractivity contribution is 5.92. The van der Waals surface area contributed by atoms with Crippen LogP contribution in [-0.2, 0) is 17.8 Å². The number of aliphatic imine (C=N–C) groups is 1. The Labute approximate surface area is 161 Å². The number of pyridine rings is 1. The SMILES string of the molecule is CCNC(=NCc1ccc(NC(=O)C(C)C)cc1)NCCc1ccccn1. The Kier molecular flexibility index (Phi) is 8.29. The third kappa shape index (κ3) is 7.48. The first-order valence-electron chi connectivity index (χ1n) is 9.40. The van der Waals surface area contributed by atoms with Gasteiger partial charge < -0.3 is 16.0 Å². The molecule has 6 heteroatoms. The highest BCUT2D eigenvalue weighted by Gasteiger charge is 2.06. The van der Waals surface area contributed by atoms with Gasteiger partial charge in [-0.15, -0.1) is 0 Å². The minimum Gasteiger partial charge on any atom is -0.357 e. The predicted molar refractivity (Wildman–Crippen MR) is 111 cm³/mol. The van der Waals surface area contributed by atoms with Crippen LogP contribution in [0.15, 0.2) is 53.7 Å². The lowest BCUT2D eigenvalue weighted by atomic mass is 10.2. The molecule has 0 aliphatic heterocycles. The van der Waals surface area contributed by atoms with Crippen LogP contribution in [0.1, 0.15) is 32.0 Å². The van der Waals surface area contributed by atoms with Gasteiger partial charge in [0.2, 0.25) is 5.91 Å². The first-order valence-corrected chi connectivity index (χ1v) is 9.40. The Morgan fingerprint density at radius 2 is 1.89 bits per heavy atom. The van der Waals surface area contributed by atoms with Crippen molar-refractivity contribution in [2.45, 2.75) is 33.7 Å². The summed E-state index contributed by atoms with van der Waals surface area (Å²) in [5.74, 6) is 0.770. The Morgan fingerprint density at radius 1 is 1.11 bits per heavy atom. The van der Waals surface area contributed by atoms with Gasteiger partial charge in [0.25, 0.3) is 0 Å². The molecule has 3 N–H and O–H groups in total. The van der Waals surface area contributed by atoms with E-state index in [1.807, 2.05) is 69.4 Å². The molecule has 0 aliphatic carbocycles. The van der Waals surface area contributed by atoms with Crippen molar-refractivity contribution in [1.82, 2.24) is 15.6 Å². The van der Waals surface area contributed by atoms with Crippen molar-refractivity contribution in [2.24, 2.45) is 10.9 Å². The number of amides is 1. The van der Waals surface area contributed by atoms with Gasteiger partial charge in [-0.2, -0.15) is 0 Å². The van der Waals surface area contributed by atoms with Crippen molar-refractivity contribution in [3.8, 4) is 0 Å². The van der Waals surface area contributed by atoms with Gasteiger partial charge in [-0.3, -0.25) is 9.78 Å². The summed E-state index contributed by atoms with van der Waals surface area (Å²) < 4.78 is 0. The Morgan fingerprint density at radius 3 is 2.52 bits per heavy atom. The molecular weight excluding hydrogens is 338 g/mol. The molecule has 0 spiro atoms. The van der Waals surface area contributed by atoms with Crippen LogP contribution < -0.4 is 16.0 Å². The maximum absolute atomic E-state index is 11.7. The molecule has 144 valence electrons. The van der Waals surface area contributed by atoms with Crippen LogP contribution in [0.2, 0.25) is 0 Å². The van der Waals surface area contributed by atoms with Crippen LogP contribution >= 0.6 is 0 Å². The molecule has 0 saturated carbocycles. The number of carbonyl (C=O) groups is 1. The summed E-state index contributed by atoms with van der Waals surface area (Å²) >= 11 is 0. The van der Waals surface area contributed by atoms with Gasteiger partial charge in [-0.25, -0.2) is 4.99 Å². The van der Waals surface area contributed by atoms with E-state index in [2.05, 4.69) is 25.9 Å². The van der Waals surface area contributed by atoms with Crippen molar-refractivity contribution in [1.29, 1.82) is 0 Å². The van der Waals surface area contributed by atoms with E-state index < -0.39 is 0 Å². The van der Waals surface area contributed by atoms with Crippen LogP contribution in [0, 0.1) is 5.92 Å². The second-order valence-corrected chi connectivity index (χ2v) is 6.53. The zero-order valence-corrected chi connectivity index (χ0v) is 16.3. The Balaban J connectivity index is 1.86. The van der Waals surface area contributed by atoms with Gasteiger partial charge in [0.1, 0.15) is 0 Å². The molecule has 0 atom stereocenters. The van der Waals surface area contributed by atoms with Gasteiger partial charge >= 0.3 is 0 Å². The number of carbonyl (C=O) groups excluding carboxylic acids is 1. The van der Waals surface area contributed by atoms with Gasteiger partial charge in [0.15, 0.2) is 5.96 Å². The molecule has 0 saturated heterocycles. The Hall–Kier alpha value is -2.89. The summed E-state index contributed by atoms with van der Waals surface area (Å²) in [6.45, 7) is 7.93. The smallest absolute Gasteiger partial charge is 0.226 e. The maximum Gasteiger partial charge on any atom is 0.226 e. The van der Waals surface area contributed by atoms with E-state index in [-0.39, 0.29) is 11.8 Å². The fourth-order valence-electron chi connectivity index (χ4n) is 2.35. The molecule has 1 heterocycles. The summed E-state index contributed by atoms with van der Waals surface area (Å²) in [5.41, 5.74) is 2.95. The van der Waals surface area contributed by atoms with Crippen LogP contribution in [0.4, 0.5) is 5.69 Å². The number of nitrogens with zero attached hydrogens (tertiary/aromatic N) is 2. The van der Waals surface area contributed by atoms with E-state index in [0.717, 1.165) is 42.4 Å². The lowest BCUT2D eigenvalue weighted by Gasteiger charge is -2.11. The van der Waals surface area contributed by atoms with Gasteiger partial charge in [-0.05, 0) is 36.8 Å². The molecule has 0 fully saturated rings. The van der Waals surface area contributed by atoms with E-state index in [1.165, 1.54) is 0 Å². The highest BCUT2D eigenvalue weighted by Crippen LogP contribution is 2.11. The molecule has 2 rings (SSSR count). The van der Waals surface area contributed by atoms with Gasteiger partial charge in [-0.1, -0.05) is 32.0 Å². The van der Waals surface area contributed by atoms with E-state index in [9.17, 15) is 4.79 Å². The summed E-state index contributed by atoms with van der Waals surface area (Å²) in [6, 6.07) is 13.7. The molecule has 0 radical (unpaired) electrons. The zero-order chi connectivity index (χ0) is 19.5. The number of benzene rings is 1. The highest BCUT2D eigenvalue weighted by atomic mass is 16.1. The molecule has 0 unspecified atom stereocenters. The largest absolute Gasteiger partial charge is 0.357 e. The fourth-order valence-corrected chi connectivity index (χ4v) is 2.35. The normalized spacial score (nSPS) is 11.3. The van der Waals surface area contributed by atoms with Crippen LogP contribution in [0.25, 0.3) is 0 Å². The number of aromatic nitrogens is 1. The monoisotopic (exact) mass is 367 g/mol. The fraction of sp³-hybridized carbons (Fsp3) is 0.381. The van der Waals surface area contributed by atoms with Crippen molar-refractivity contribution in [3.05, 3.63) is 59.9 Å².